The fraction of sp³-hybridized carbons (Fsp3) is 0.750. The Morgan fingerprint density at radius 2 is 0.816 bits per heavy atom. The summed E-state index contributed by atoms with van der Waals surface area (Å²) in [5.41, 5.74) is 0. The molecule has 0 fully saturated rings. The van der Waals surface area contributed by atoms with Crippen molar-refractivity contribution in [3.63, 3.8) is 0 Å². The average molecular weight is 529 g/mol. The lowest BCUT2D eigenvalue weighted by molar-refractivity contribution is -0.143. The molecule has 0 saturated heterocycles. The van der Waals surface area contributed by atoms with Gasteiger partial charge in [-0.2, -0.15) is 0 Å². The van der Waals surface area contributed by atoms with E-state index in [1.807, 2.05) is 0 Å². The van der Waals surface area contributed by atoms with E-state index in [4.69, 9.17) is 4.74 Å². The van der Waals surface area contributed by atoms with Crippen molar-refractivity contribution in [2.45, 2.75) is 168 Å². The summed E-state index contributed by atoms with van der Waals surface area (Å²) in [6, 6.07) is 0. The number of hydrogen-bond acceptors (Lipinski definition) is 2. The van der Waals surface area contributed by atoms with E-state index in [-0.39, 0.29) is 5.97 Å². The van der Waals surface area contributed by atoms with Gasteiger partial charge in [0.05, 0.1) is 6.61 Å². The molecule has 0 atom stereocenters. The van der Waals surface area contributed by atoms with Gasteiger partial charge in [-0.15, -0.1) is 0 Å². The molecule has 0 aromatic carbocycles. The van der Waals surface area contributed by atoms with E-state index in [0.717, 1.165) is 32.1 Å². The Kier molecular flexibility index (Phi) is 32.1. The van der Waals surface area contributed by atoms with Crippen molar-refractivity contribution in [3.05, 3.63) is 48.6 Å². The van der Waals surface area contributed by atoms with Crippen molar-refractivity contribution in [1.82, 2.24) is 0 Å². The van der Waals surface area contributed by atoms with Crippen LogP contribution >= 0.6 is 0 Å². The second kappa shape index (κ2) is 33.5. The number of ether oxygens (including phenoxy) is 1. The summed E-state index contributed by atoms with van der Waals surface area (Å²) >= 11 is 0. The Bertz CT molecular complexity index is 584. The summed E-state index contributed by atoms with van der Waals surface area (Å²) in [6.07, 6.45) is 47.3. The molecule has 0 aliphatic rings. The molecule has 0 aromatic rings. The van der Waals surface area contributed by atoms with Gasteiger partial charge in [0.2, 0.25) is 0 Å². The Balaban J connectivity index is 3.29. The average Bonchev–Trinajstić information content (AvgIpc) is 2.92. The van der Waals surface area contributed by atoms with Crippen LogP contribution in [0.4, 0.5) is 0 Å². The van der Waals surface area contributed by atoms with Crippen molar-refractivity contribution >= 4 is 5.97 Å². The predicted molar refractivity (Wildman–Crippen MR) is 170 cm³/mol. The topological polar surface area (TPSA) is 26.3 Å². The van der Waals surface area contributed by atoms with Crippen LogP contribution in [0.25, 0.3) is 0 Å². The first-order chi connectivity index (χ1) is 18.8. The van der Waals surface area contributed by atoms with Crippen LogP contribution < -0.4 is 0 Å². The van der Waals surface area contributed by atoms with Gasteiger partial charge in [0.1, 0.15) is 0 Å². The van der Waals surface area contributed by atoms with Crippen LogP contribution in [-0.2, 0) is 9.53 Å². The number of carbonyl (C=O) groups excluding carboxylic acids is 1. The molecule has 220 valence electrons. The normalized spacial score (nSPS) is 12.2. The van der Waals surface area contributed by atoms with E-state index in [1.165, 1.54) is 116 Å². The summed E-state index contributed by atoms with van der Waals surface area (Å²) in [7, 11) is 0. The van der Waals surface area contributed by atoms with Crippen LogP contribution in [0.5, 0.6) is 0 Å². The smallest absolute Gasteiger partial charge is 0.305 e. The molecule has 0 aliphatic heterocycles. The molecule has 0 radical (unpaired) electrons. The summed E-state index contributed by atoms with van der Waals surface area (Å²) < 4.78 is 5.41. The first-order valence-corrected chi connectivity index (χ1v) is 16.6. The quantitative estimate of drug-likeness (QED) is 0.0548. The SMILES string of the molecule is CCCCC/C=C\C/C=C\CCCCCCCC(=O)OCCCCCCCC/C=C/C/C=C\CCCCC. The molecular weight excluding hydrogens is 464 g/mol. The van der Waals surface area contributed by atoms with Crippen molar-refractivity contribution in [3.8, 4) is 0 Å². The van der Waals surface area contributed by atoms with Crippen LogP contribution in [0.2, 0.25) is 0 Å². The van der Waals surface area contributed by atoms with E-state index >= 15 is 0 Å². The number of carbonyl (C=O) groups is 1. The zero-order valence-corrected chi connectivity index (χ0v) is 25.6. The minimum absolute atomic E-state index is 0.00160. The van der Waals surface area contributed by atoms with Crippen molar-refractivity contribution < 1.29 is 9.53 Å². The third-order valence-corrected chi connectivity index (χ3v) is 6.94. The molecule has 0 bridgehead atoms. The second-order valence-corrected chi connectivity index (χ2v) is 10.8. The van der Waals surface area contributed by atoms with E-state index in [2.05, 4.69) is 62.5 Å². The lowest BCUT2D eigenvalue weighted by atomic mass is 10.1. The fourth-order valence-electron chi connectivity index (χ4n) is 4.43. The predicted octanol–water partition coefficient (Wildman–Crippen LogP) is 12.2. The van der Waals surface area contributed by atoms with Gasteiger partial charge < -0.3 is 4.74 Å². The first kappa shape index (κ1) is 36.4. The lowest BCUT2D eigenvalue weighted by Gasteiger charge is -2.05. The number of unbranched alkanes of at least 4 members (excludes halogenated alkanes) is 17. The van der Waals surface area contributed by atoms with Gasteiger partial charge in [0.25, 0.3) is 0 Å². The summed E-state index contributed by atoms with van der Waals surface area (Å²) in [4.78, 5) is 11.9. The fourth-order valence-corrected chi connectivity index (χ4v) is 4.43. The molecule has 0 spiro atoms. The number of esters is 1. The highest BCUT2D eigenvalue weighted by molar-refractivity contribution is 5.69. The van der Waals surface area contributed by atoms with Gasteiger partial charge >= 0.3 is 5.97 Å². The van der Waals surface area contributed by atoms with Crippen molar-refractivity contribution in [1.29, 1.82) is 0 Å². The molecule has 2 heteroatoms. The minimum atomic E-state index is -0.00160. The van der Waals surface area contributed by atoms with Gasteiger partial charge in [-0.1, -0.05) is 133 Å². The van der Waals surface area contributed by atoms with E-state index in [0.29, 0.717) is 13.0 Å². The monoisotopic (exact) mass is 528 g/mol. The Morgan fingerprint density at radius 3 is 1.26 bits per heavy atom. The van der Waals surface area contributed by atoms with E-state index in [9.17, 15) is 4.79 Å². The van der Waals surface area contributed by atoms with Crippen LogP contribution in [0.1, 0.15) is 168 Å². The Morgan fingerprint density at radius 1 is 0.447 bits per heavy atom. The number of rotatable bonds is 29. The van der Waals surface area contributed by atoms with E-state index in [1.54, 1.807) is 0 Å². The number of allylic oxidation sites excluding steroid dienone is 8. The van der Waals surface area contributed by atoms with Crippen LogP contribution in [0.15, 0.2) is 48.6 Å². The van der Waals surface area contributed by atoms with Gasteiger partial charge in [0.15, 0.2) is 0 Å². The van der Waals surface area contributed by atoms with Gasteiger partial charge in [-0.25, -0.2) is 0 Å². The maximum atomic E-state index is 11.9. The zero-order chi connectivity index (χ0) is 27.6. The molecule has 0 aliphatic carbocycles. The highest BCUT2D eigenvalue weighted by Gasteiger charge is 2.02. The summed E-state index contributed by atoms with van der Waals surface area (Å²) in [5, 5.41) is 0. The number of hydrogen-bond donors (Lipinski definition) is 0. The van der Waals surface area contributed by atoms with Gasteiger partial charge in [-0.05, 0) is 77.0 Å². The molecule has 0 heterocycles. The maximum absolute atomic E-state index is 11.9. The lowest BCUT2D eigenvalue weighted by Crippen LogP contribution is -2.05. The molecule has 0 rings (SSSR count). The molecule has 0 saturated carbocycles. The molecule has 0 N–H and O–H groups in total. The maximum Gasteiger partial charge on any atom is 0.305 e. The van der Waals surface area contributed by atoms with Gasteiger partial charge in [0, 0.05) is 6.42 Å². The standard InChI is InChI=1S/C36H64O2/c1-3-5-7-9-11-13-15-17-19-21-23-25-27-29-31-33-35-38-36(37)34-32-30-28-26-24-22-20-18-16-14-12-10-8-6-4-2/h11-14,17-20H,3-10,15-16,21-35H2,1-2H3/b13-11-,14-12-,19-17+,20-18-. The Hall–Kier alpha value is -1.57. The zero-order valence-electron chi connectivity index (χ0n) is 25.6. The Labute approximate surface area is 238 Å². The molecule has 0 amide bonds. The highest BCUT2D eigenvalue weighted by atomic mass is 16.5. The largest absolute Gasteiger partial charge is 0.466 e. The third kappa shape index (κ3) is 32.5. The van der Waals surface area contributed by atoms with Gasteiger partial charge in [-0.3, -0.25) is 4.79 Å². The molecule has 0 unspecified atom stereocenters. The molecule has 0 aromatic heterocycles. The summed E-state index contributed by atoms with van der Waals surface area (Å²) in [5.74, 6) is -0.00160. The van der Waals surface area contributed by atoms with E-state index < -0.39 is 0 Å². The van der Waals surface area contributed by atoms with Crippen molar-refractivity contribution in [2.75, 3.05) is 6.61 Å². The van der Waals surface area contributed by atoms with Crippen LogP contribution in [0, 0.1) is 0 Å². The summed E-state index contributed by atoms with van der Waals surface area (Å²) in [6.45, 7) is 5.11. The third-order valence-electron chi connectivity index (χ3n) is 6.94. The minimum Gasteiger partial charge on any atom is -0.466 e. The van der Waals surface area contributed by atoms with Crippen LogP contribution in [-0.4, -0.2) is 12.6 Å². The molecular formula is C36H64O2. The van der Waals surface area contributed by atoms with Crippen molar-refractivity contribution in [2.24, 2.45) is 0 Å². The van der Waals surface area contributed by atoms with Crippen LogP contribution in [0.3, 0.4) is 0 Å². The first-order valence-electron chi connectivity index (χ1n) is 16.6. The second-order valence-electron chi connectivity index (χ2n) is 10.8. The molecule has 38 heavy (non-hydrogen) atoms. The highest BCUT2D eigenvalue weighted by Crippen LogP contribution is 2.11. The molecule has 2 nitrogen and oxygen atoms in total.